The molecule has 0 radical (unpaired) electrons. The zero-order valence-electron chi connectivity index (χ0n) is 17.5. The van der Waals surface area contributed by atoms with Crippen molar-refractivity contribution in [2.45, 2.75) is 46.5 Å². The standard InChI is InChI=1S/C24H27N3O2/c1-16-25-26-22(29-16)15-24(2,3)13-7-8-17-11-12-19-18-9-5-6-10-20(18)23(27-28-4)21(19)14-17/h5-6,9-12,14H,7-8,13,15H2,1-4H3/b27-23-. The van der Waals surface area contributed by atoms with Crippen LogP contribution in [0, 0.1) is 12.3 Å². The van der Waals surface area contributed by atoms with E-state index >= 15 is 0 Å². The van der Waals surface area contributed by atoms with Crippen LogP contribution in [0.25, 0.3) is 11.1 Å². The Kier molecular flexibility index (Phi) is 5.22. The molecule has 0 bridgehead atoms. The normalized spacial score (nSPS) is 14.1. The van der Waals surface area contributed by atoms with Gasteiger partial charge in [0.25, 0.3) is 0 Å². The smallest absolute Gasteiger partial charge is 0.217 e. The summed E-state index contributed by atoms with van der Waals surface area (Å²) in [6, 6.07) is 15.1. The second-order valence-electron chi connectivity index (χ2n) is 8.46. The highest BCUT2D eigenvalue weighted by atomic mass is 16.6. The van der Waals surface area contributed by atoms with Gasteiger partial charge in [0.05, 0.1) is 0 Å². The molecule has 0 fully saturated rings. The number of oxime groups is 1. The minimum absolute atomic E-state index is 0.120. The first-order chi connectivity index (χ1) is 14.0. The highest BCUT2D eigenvalue weighted by Crippen LogP contribution is 2.38. The van der Waals surface area contributed by atoms with Gasteiger partial charge in [0.1, 0.15) is 12.8 Å². The summed E-state index contributed by atoms with van der Waals surface area (Å²) < 4.78 is 5.55. The molecule has 1 aromatic heterocycles. The van der Waals surface area contributed by atoms with Crippen molar-refractivity contribution < 1.29 is 9.25 Å². The third-order valence-electron chi connectivity index (χ3n) is 5.51. The van der Waals surface area contributed by atoms with Crippen molar-refractivity contribution in [1.29, 1.82) is 0 Å². The zero-order valence-corrected chi connectivity index (χ0v) is 17.5. The maximum absolute atomic E-state index is 5.55. The first kappa shape index (κ1) is 19.4. The topological polar surface area (TPSA) is 60.5 Å². The molecular formula is C24H27N3O2. The number of benzene rings is 2. The largest absolute Gasteiger partial charge is 0.426 e. The summed E-state index contributed by atoms with van der Waals surface area (Å²) in [5, 5.41) is 12.4. The van der Waals surface area contributed by atoms with Crippen molar-refractivity contribution in [3.05, 3.63) is 70.9 Å². The van der Waals surface area contributed by atoms with E-state index in [9.17, 15) is 0 Å². The van der Waals surface area contributed by atoms with E-state index in [0.717, 1.165) is 48.4 Å². The summed E-state index contributed by atoms with van der Waals surface area (Å²) in [5.74, 6) is 1.35. The SMILES string of the molecule is CO/N=C1/c2ccccc2-c2ccc(CCCC(C)(C)Cc3nnc(C)o3)cc21. The van der Waals surface area contributed by atoms with Crippen molar-refractivity contribution in [3.63, 3.8) is 0 Å². The molecule has 0 amide bonds. The molecule has 5 nitrogen and oxygen atoms in total. The fraction of sp³-hybridized carbons (Fsp3) is 0.375. The number of rotatable bonds is 7. The second-order valence-corrected chi connectivity index (χ2v) is 8.46. The molecule has 0 saturated carbocycles. The molecule has 1 heterocycles. The van der Waals surface area contributed by atoms with E-state index in [-0.39, 0.29) is 5.41 Å². The van der Waals surface area contributed by atoms with Crippen molar-refractivity contribution in [2.24, 2.45) is 10.6 Å². The first-order valence-corrected chi connectivity index (χ1v) is 10.1. The predicted octanol–water partition coefficient (Wildman–Crippen LogP) is 5.35. The molecular weight excluding hydrogens is 362 g/mol. The number of hydrogen-bond acceptors (Lipinski definition) is 5. The number of aromatic nitrogens is 2. The Morgan fingerprint density at radius 1 is 1.00 bits per heavy atom. The van der Waals surface area contributed by atoms with E-state index in [4.69, 9.17) is 9.25 Å². The lowest BCUT2D eigenvalue weighted by Crippen LogP contribution is -2.15. The van der Waals surface area contributed by atoms with Crippen LogP contribution in [0.1, 0.15) is 55.2 Å². The van der Waals surface area contributed by atoms with Crippen LogP contribution in [0.15, 0.2) is 52.0 Å². The Morgan fingerprint density at radius 2 is 1.76 bits per heavy atom. The van der Waals surface area contributed by atoms with Gasteiger partial charge in [-0.25, -0.2) is 0 Å². The van der Waals surface area contributed by atoms with Gasteiger partial charge in [0, 0.05) is 24.5 Å². The van der Waals surface area contributed by atoms with Gasteiger partial charge in [-0.3, -0.25) is 0 Å². The Morgan fingerprint density at radius 3 is 2.48 bits per heavy atom. The van der Waals surface area contributed by atoms with Crippen molar-refractivity contribution in [2.75, 3.05) is 7.11 Å². The van der Waals surface area contributed by atoms with Gasteiger partial charge in [-0.05, 0) is 47.4 Å². The quantitative estimate of drug-likeness (QED) is 0.400. The van der Waals surface area contributed by atoms with Crippen LogP contribution in [0.5, 0.6) is 0 Å². The van der Waals surface area contributed by atoms with E-state index in [0.29, 0.717) is 5.89 Å². The van der Waals surface area contributed by atoms with E-state index in [2.05, 4.69) is 65.6 Å². The van der Waals surface area contributed by atoms with Gasteiger partial charge in [0.2, 0.25) is 11.8 Å². The van der Waals surface area contributed by atoms with E-state index in [1.54, 1.807) is 7.11 Å². The Balaban J connectivity index is 1.45. The minimum atomic E-state index is 0.120. The molecule has 0 unspecified atom stereocenters. The van der Waals surface area contributed by atoms with Crippen LogP contribution in [-0.4, -0.2) is 23.0 Å². The molecule has 0 N–H and O–H groups in total. The van der Waals surface area contributed by atoms with Crippen LogP contribution in [-0.2, 0) is 17.7 Å². The Bertz CT molecular complexity index is 1050. The lowest BCUT2D eigenvalue weighted by molar-refractivity contribution is 0.214. The van der Waals surface area contributed by atoms with Crippen LogP contribution in [0.2, 0.25) is 0 Å². The number of aryl methyl sites for hydroxylation is 2. The van der Waals surface area contributed by atoms with Crippen molar-refractivity contribution in [3.8, 4) is 11.1 Å². The zero-order chi connectivity index (χ0) is 20.4. The number of nitrogens with zero attached hydrogens (tertiary/aromatic N) is 3. The Hall–Kier alpha value is -2.95. The van der Waals surface area contributed by atoms with E-state index in [1.165, 1.54) is 16.7 Å². The highest BCUT2D eigenvalue weighted by Gasteiger charge is 2.26. The number of hydrogen-bond donors (Lipinski definition) is 0. The maximum atomic E-state index is 5.55. The molecule has 1 aliphatic rings. The summed E-state index contributed by atoms with van der Waals surface area (Å²) in [4.78, 5) is 5.13. The highest BCUT2D eigenvalue weighted by molar-refractivity contribution is 6.24. The summed E-state index contributed by atoms with van der Waals surface area (Å²) in [6.07, 6.45) is 4.02. The van der Waals surface area contributed by atoms with Crippen LogP contribution in [0.4, 0.5) is 0 Å². The molecule has 2 aromatic carbocycles. The molecule has 0 spiro atoms. The minimum Gasteiger partial charge on any atom is -0.426 e. The third-order valence-corrected chi connectivity index (χ3v) is 5.51. The summed E-state index contributed by atoms with van der Waals surface area (Å²) in [6.45, 7) is 6.35. The van der Waals surface area contributed by atoms with Crippen LogP contribution < -0.4 is 0 Å². The molecule has 1 aliphatic carbocycles. The van der Waals surface area contributed by atoms with Crippen molar-refractivity contribution >= 4 is 5.71 Å². The van der Waals surface area contributed by atoms with Gasteiger partial charge in [0.15, 0.2) is 0 Å². The summed E-state index contributed by atoms with van der Waals surface area (Å²) >= 11 is 0. The molecule has 0 atom stereocenters. The molecule has 3 aromatic rings. The lowest BCUT2D eigenvalue weighted by atomic mass is 9.83. The summed E-state index contributed by atoms with van der Waals surface area (Å²) in [7, 11) is 1.60. The predicted molar refractivity (Wildman–Crippen MR) is 114 cm³/mol. The van der Waals surface area contributed by atoms with Gasteiger partial charge < -0.3 is 9.25 Å². The number of fused-ring (bicyclic) bond motifs is 3. The van der Waals surface area contributed by atoms with Crippen LogP contribution in [0.3, 0.4) is 0 Å². The average molecular weight is 389 g/mol. The van der Waals surface area contributed by atoms with Gasteiger partial charge in [-0.15, -0.1) is 10.2 Å². The van der Waals surface area contributed by atoms with E-state index < -0.39 is 0 Å². The van der Waals surface area contributed by atoms with Gasteiger partial charge in [-0.2, -0.15) is 0 Å². The monoisotopic (exact) mass is 389 g/mol. The lowest BCUT2D eigenvalue weighted by Gasteiger charge is -2.22. The van der Waals surface area contributed by atoms with Crippen LogP contribution >= 0.6 is 0 Å². The second kappa shape index (κ2) is 7.82. The fourth-order valence-electron chi connectivity index (χ4n) is 4.11. The van der Waals surface area contributed by atoms with Gasteiger partial charge in [-0.1, -0.05) is 55.4 Å². The third kappa shape index (κ3) is 4.09. The molecule has 29 heavy (non-hydrogen) atoms. The molecule has 5 heteroatoms. The van der Waals surface area contributed by atoms with Gasteiger partial charge >= 0.3 is 0 Å². The average Bonchev–Trinajstić information content (AvgIpc) is 3.23. The Labute approximate surface area is 171 Å². The molecule has 150 valence electrons. The first-order valence-electron chi connectivity index (χ1n) is 10.1. The maximum Gasteiger partial charge on any atom is 0.217 e. The molecule has 0 aliphatic heterocycles. The fourth-order valence-corrected chi connectivity index (χ4v) is 4.11. The molecule has 0 saturated heterocycles. The summed E-state index contributed by atoms with van der Waals surface area (Å²) in [5.41, 5.74) is 7.11. The molecule has 4 rings (SSSR count). The van der Waals surface area contributed by atoms with E-state index in [1.807, 2.05) is 13.0 Å². The van der Waals surface area contributed by atoms with Crippen molar-refractivity contribution in [1.82, 2.24) is 10.2 Å².